The van der Waals surface area contributed by atoms with Crippen LogP contribution in [0.4, 0.5) is 11.8 Å². The third-order valence-corrected chi connectivity index (χ3v) is 2.60. The van der Waals surface area contributed by atoms with Gasteiger partial charge in [0.15, 0.2) is 11.5 Å². The molecule has 0 aliphatic heterocycles. The maximum absolute atomic E-state index is 9.11. The van der Waals surface area contributed by atoms with Gasteiger partial charge in [0.2, 0.25) is 5.95 Å². The molecule has 2 heterocycles. The van der Waals surface area contributed by atoms with E-state index in [0.29, 0.717) is 22.9 Å². The number of hydrogen-bond acceptors (Lipinski definition) is 7. The van der Waals surface area contributed by atoms with Crippen LogP contribution < -0.4 is 10.6 Å². The van der Waals surface area contributed by atoms with E-state index in [2.05, 4.69) is 30.6 Å². The second-order valence-corrected chi connectivity index (χ2v) is 4.13. The number of aliphatic hydroxyl groups is 2. The monoisotopic (exact) mass is 266 g/mol. The molecule has 8 nitrogen and oxygen atoms in total. The average Bonchev–Trinajstić information content (AvgIpc) is 2.90. The molecule has 0 amide bonds. The van der Waals surface area contributed by atoms with Crippen molar-refractivity contribution in [1.29, 1.82) is 0 Å². The Hall–Kier alpha value is -1.93. The van der Waals surface area contributed by atoms with Crippen molar-refractivity contribution in [3.05, 3.63) is 6.33 Å². The summed E-state index contributed by atoms with van der Waals surface area (Å²) in [7, 11) is 0. The average molecular weight is 266 g/mol. The first kappa shape index (κ1) is 13.5. The van der Waals surface area contributed by atoms with Crippen molar-refractivity contribution >= 4 is 22.9 Å². The van der Waals surface area contributed by atoms with Crippen LogP contribution in [0.5, 0.6) is 0 Å². The first-order chi connectivity index (χ1) is 9.28. The van der Waals surface area contributed by atoms with E-state index >= 15 is 0 Å². The number of nitrogens with zero attached hydrogens (tertiary/aromatic N) is 3. The van der Waals surface area contributed by atoms with Crippen LogP contribution >= 0.6 is 0 Å². The number of anilines is 2. The summed E-state index contributed by atoms with van der Waals surface area (Å²) < 4.78 is 0. The molecule has 0 saturated heterocycles. The Morgan fingerprint density at radius 1 is 1.32 bits per heavy atom. The Bertz CT molecular complexity index is 525. The van der Waals surface area contributed by atoms with Crippen molar-refractivity contribution in [2.45, 2.75) is 19.4 Å². The van der Waals surface area contributed by atoms with Gasteiger partial charge in [-0.15, -0.1) is 0 Å². The fourth-order valence-corrected chi connectivity index (χ4v) is 1.60. The molecule has 0 aromatic carbocycles. The second-order valence-electron chi connectivity index (χ2n) is 4.13. The van der Waals surface area contributed by atoms with Crippen LogP contribution in [-0.4, -0.2) is 55.9 Å². The van der Waals surface area contributed by atoms with E-state index in [-0.39, 0.29) is 13.2 Å². The molecule has 0 saturated carbocycles. The molecule has 0 unspecified atom stereocenters. The Balaban J connectivity index is 2.30. The minimum absolute atomic E-state index is 0.187. The summed E-state index contributed by atoms with van der Waals surface area (Å²) in [5, 5.41) is 24.3. The highest BCUT2D eigenvalue weighted by Gasteiger charge is 2.13. The molecular formula is C11H18N6O2. The Morgan fingerprint density at radius 2 is 2.11 bits per heavy atom. The van der Waals surface area contributed by atoms with Crippen LogP contribution in [0.15, 0.2) is 6.33 Å². The molecule has 0 fully saturated rings. The van der Waals surface area contributed by atoms with Crippen molar-refractivity contribution in [2.24, 2.45) is 0 Å². The highest BCUT2D eigenvalue weighted by Crippen LogP contribution is 2.19. The highest BCUT2D eigenvalue weighted by molar-refractivity contribution is 5.83. The van der Waals surface area contributed by atoms with Gasteiger partial charge in [0.25, 0.3) is 0 Å². The molecule has 0 radical (unpaired) electrons. The summed E-state index contributed by atoms with van der Waals surface area (Å²) in [4.78, 5) is 15.6. The second kappa shape index (κ2) is 6.30. The predicted molar refractivity (Wildman–Crippen MR) is 72.0 cm³/mol. The predicted octanol–water partition coefficient (Wildman–Crippen LogP) is -0.0601. The molecule has 19 heavy (non-hydrogen) atoms. The van der Waals surface area contributed by atoms with Crippen molar-refractivity contribution < 1.29 is 10.2 Å². The van der Waals surface area contributed by atoms with Gasteiger partial charge in [0.1, 0.15) is 5.52 Å². The minimum atomic E-state index is -0.472. The SMILES string of the molecule is CCCNc1nc(NC(CO)CO)c2[nH]cnc2n1. The molecule has 2 rings (SSSR count). The van der Waals surface area contributed by atoms with Gasteiger partial charge in [0, 0.05) is 6.54 Å². The number of H-pyrrole nitrogens is 1. The molecule has 0 atom stereocenters. The van der Waals surface area contributed by atoms with Gasteiger partial charge in [-0.3, -0.25) is 0 Å². The zero-order chi connectivity index (χ0) is 13.7. The van der Waals surface area contributed by atoms with Crippen LogP contribution in [0.2, 0.25) is 0 Å². The fraction of sp³-hybridized carbons (Fsp3) is 0.545. The largest absolute Gasteiger partial charge is 0.394 e. The molecule has 0 aliphatic carbocycles. The van der Waals surface area contributed by atoms with E-state index in [0.717, 1.165) is 13.0 Å². The summed E-state index contributed by atoms with van der Waals surface area (Å²) in [6, 6.07) is -0.472. The van der Waals surface area contributed by atoms with E-state index in [1.165, 1.54) is 6.33 Å². The van der Waals surface area contributed by atoms with Crippen molar-refractivity contribution in [2.75, 3.05) is 30.4 Å². The summed E-state index contributed by atoms with van der Waals surface area (Å²) >= 11 is 0. The van der Waals surface area contributed by atoms with Crippen molar-refractivity contribution in [3.8, 4) is 0 Å². The molecule has 8 heteroatoms. The Labute approximate surface area is 110 Å². The number of aromatic nitrogens is 4. The summed E-state index contributed by atoms with van der Waals surface area (Å²) in [5.74, 6) is 0.979. The molecule has 5 N–H and O–H groups in total. The number of aliphatic hydroxyl groups excluding tert-OH is 2. The number of imidazole rings is 1. The molecule has 2 aromatic heterocycles. The van der Waals surface area contributed by atoms with Crippen LogP contribution in [-0.2, 0) is 0 Å². The van der Waals surface area contributed by atoms with Crippen molar-refractivity contribution in [3.63, 3.8) is 0 Å². The Morgan fingerprint density at radius 3 is 2.79 bits per heavy atom. The molecular weight excluding hydrogens is 248 g/mol. The van der Waals surface area contributed by atoms with E-state index in [1.54, 1.807) is 0 Å². The fourth-order valence-electron chi connectivity index (χ4n) is 1.60. The summed E-state index contributed by atoms with van der Waals surface area (Å²) in [6.45, 7) is 2.44. The molecule has 0 aliphatic rings. The van der Waals surface area contributed by atoms with Crippen LogP contribution in [0.25, 0.3) is 11.2 Å². The standard InChI is InChI=1S/C11H18N6O2/c1-2-3-12-11-16-9-8(13-6-14-9)10(17-11)15-7(4-18)5-19/h6-7,18-19H,2-5H2,1H3,(H3,12,13,14,15,16,17). The maximum Gasteiger partial charge on any atom is 0.226 e. The smallest absolute Gasteiger partial charge is 0.226 e. The maximum atomic E-state index is 9.11. The van der Waals surface area contributed by atoms with Crippen molar-refractivity contribution in [1.82, 2.24) is 19.9 Å². The number of hydrogen-bond donors (Lipinski definition) is 5. The number of nitrogens with one attached hydrogen (secondary N) is 3. The lowest BCUT2D eigenvalue weighted by Crippen LogP contribution is -2.28. The zero-order valence-electron chi connectivity index (χ0n) is 10.7. The van der Waals surface area contributed by atoms with Crippen LogP contribution in [0.1, 0.15) is 13.3 Å². The van der Waals surface area contributed by atoms with Gasteiger partial charge in [-0.1, -0.05) is 6.92 Å². The lowest BCUT2D eigenvalue weighted by Gasteiger charge is -2.15. The normalized spacial score (nSPS) is 11.2. The Kier molecular flexibility index (Phi) is 4.48. The van der Waals surface area contributed by atoms with Gasteiger partial charge in [-0.25, -0.2) is 4.98 Å². The van der Waals surface area contributed by atoms with Gasteiger partial charge in [-0.2, -0.15) is 9.97 Å². The molecule has 104 valence electrons. The zero-order valence-corrected chi connectivity index (χ0v) is 10.7. The van der Waals surface area contributed by atoms with E-state index in [9.17, 15) is 0 Å². The lowest BCUT2D eigenvalue weighted by molar-refractivity contribution is 0.203. The summed E-state index contributed by atoms with van der Waals surface area (Å²) in [6.07, 6.45) is 2.49. The molecule has 0 bridgehead atoms. The first-order valence-electron chi connectivity index (χ1n) is 6.21. The van der Waals surface area contributed by atoms with E-state index < -0.39 is 6.04 Å². The van der Waals surface area contributed by atoms with Crippen LogP contribution in [0.3, 0.4) is 0 Å². The van der Waals surface area contributed by atoms with Crippen LogP contribution in [0, 0.1) is 0 Å². The molecule has 2 aromatic rings. The van der Waals surface area contributed by atoms with Gasteiger partial charge in [-0.05, 0) is 6.42 Å². The highest BCUT2D eigenvalue weighted by atomic mass is 16.3. The van der Waals surface area contributed by atoms with Gasteiger partial charge >= 0.3 is 0 Å². The number of fused-ring (bicyclic) bond motifs is 1. The third-order valence-electron chi connectivity index (χ3n) is 2.60. The minimum Gasteiger partial charge on any atom is -0.394 e. The summed E-state index contributed by atoms with van der Waals surface area (Å²) in [5.41, 5.74) is 1.18. The quantitative estimate of drug-likeness (QED) is 0.476. The topological polar surface area (TPSA) is 119 Å². The lowest BCUT2D eigenvalue weighted by atomic mass is 10.3. The first-order valence-corrected chi connectivity index (χ1v) is 6.21. The van der Waals surface area contributed by atoms with E-state index in [4.69, 9.17) is 10.2 Å². The van der Waals surface area contributed by atoms with E-state index in [1.807, 2.05) is 6.92 Å². The number of rotatable bonds is 7. The molecule has 0 spiro atoms. The third kappa shape index (κ3) is 3.09. The van der Waals surface area contributed by atoms with Gasteiger partial charge < -0.3 is 25.8 Å². The van der Waals surface area contributed by atoms with Gasteiger partial charge in [0.05, 0.1) is 25.6 Å². The number of aromatic amines is 1.